The van der Waals surface area contributed by atoms with E-state index in [1.54, 1.807) is 6.20 Å². The number of fused-ring (bicyclic) bond motifs is 3. The number of anilines is 1. The lowest BCUT2D eigenvalue weighted by atomic mass is 9.99. The molecule has 0 radical (unpaired) electrons. The van der Waals surface area contributed by atoms with Gasteiger partial charge in [-0.05, 0) is 35.7 Å². The van der Waals surface area contributed by atoms with E-state index in [0.717, 1.165) is 53.3 Å². The summed E-state index contributed by atoms with van der Waals surface area (Å²) in [5.41, 5.74) is 2.49. The third kappa shape index (κ3) is 3.31. The number of aromatic nitrogens is 3. The second kappa shape index (κ2) is 7.20. The molecule has 1 atom stereocenters. The Morgan fingerprint density at radius 2 is 2.03 bits per heavy atom. The molecule has 1 aliphatic rings. The number of benzene rings is 2. The number of aryl methyl sites for hydroxylation is 1. The van der Waals surface area contributed by atoms with E-state index in [9.17, 15) is 4.79 Å². The number of piperidine rings is 1. The fourth-order valence-electron chi connectivity index (χ4n) is 4.27. The smallest absolute Gasteiger partial charge is 0.253 e. The van der Waals surface area contributed by atoms with Crippen LogP contribution in [-0.2, 0) is 7.05 Å². The van der Waals surface area contributed by atoms with E-state index in [4.69, 9.17) is 0 Å². The van der Waals surface area contributed by atoms with Crippen molar-refractivity contribution < 1.29 is 4.79 Å². The highest BCUT2D eigenvalue weighted by molar-refractivity contribution is 6.15. The van der Waals surface area contributed by atoms with Crippen molar-refractivity contribution in [3.05, 3.63) is 66.6 Å². The Labute approximate surface area is 169 Å². The van der Waals surface area contributed by atoms with Gasteiger partial charge in [-0.3, -0.25) is 14.5 Å². The summed E-state index contributed by atoms with van der Waals surface area (Å²) in [5, 5.41) is 10.7. The predicted molar refractivity (Wildman–Crippen MR) is 115 cm³/mol. The van der Waals surface area contributed by atoms with E-state index in [1.165, 1.54) is 0 Å². The van der Waals surface area contributed by atoms with E-state index in [2.05, 4.69) is 26.4 Å². The van der Waals surface area contributed by atoms with Crippen LogP contribution in [0.15, 0.2) is 61.1 Å². The van der Waals surface area contributed by atoms with Crippen molar-refractivity contribution in [3.8, 4) is 0 Å². The zero-order valence-corrected chi connectivity index (χ0v) is 16.4. The van der Waals surface area contributed by atoms with Crippen molar-refractivity contribution in [3.63, 3.8) is 0 Å². The molecule has 1 N–H and O–H groups in total. The van der Waals surface area contributed by atoms with Crippen molar-refractivity contribution >= 4 is 33.3 Å². The number of carbonyl (C=O) groups excluding carboxylic acids is 1. The second-order valence-electron chi connectivity index (χ2n) is 7.68. The van der Waals surface area contributed by atoms with Crippen LogP contribution in [0, 0.1) is 0 Å². The summed E-state index contributed by atoms with van der Waals surface area (Å²) in [6.07, 6.45) is 7.66. The molecule has 0 bridgehead atoms. The van der Waals surface area contributed by atoms with Gasteiger partial charge in [0, 0.05) is 44.0 Å². The minimum Gasteiger partial charge on any atom is -0.367 e. The molecule has 1 fully saturated rings. The molecule has 6 nitrogen and oxygen atoms in total. The van der Waals surface area contributed by atoms with Gasteiger partial charge in [0.15, 0.2) is 0 Å². The van der Waals surface area contributed by atoms with Crippen LogP contribution in [0.4, 0.5) is 5.69 Å². The molecule has 29 heavy (non-hydrogen) atoms. The van der Waals surface area contributed by atoms with E-state index in [-0.39, 0.29) is 11.9 Å². The molecule has 2 aromatic heterocycles. The van der Waals surface area contributed by atoms with Crippen molar-refractivity contribution in [2.45, 2.75) is 18.9 Å². The van der Waals surface area contributed by atoms with Gasteiger partial charge in [-0.25, -0.2) is 0 Å². The maximum Gasteiger partial charge on any atom is 0.253 e. The highest BCUT2D eigenvalue weighted by Gasteiger charge is 2.24. The number of pyridine rings is 1. The van der Waals surface area contributed by atoms with Crippen LogP contribution in [0.25, 0.3) is 21.7 Å². The van der Waals surface area contributed by atoms with Crippen molar-refractivity contribution in [1.82, 2.24) is 20.1 Å². The molecular formula is C23H23N5O. The summed E-state index contributed by atoms with van der Waals surface area (Å²) in [6, 6.07) is 14.2. The number of amides is 1. The molecule has 0 unspecified atom stereocenters. The van der Waals surface area contributed by atoms with Gasteiger partial charge in [0.25, 0.3) is 5.91 Å². The van der Waals surface area contributed by atoms with Gasteiger partial charge in [-0.15, -0.1) is 0 Å². The Balaban J connectivity index is 1.44. The van der Waals surface area contributed by atoms with Crippen LogP contribution in [0.3, 0.4) is 0 Å². The second-order valence-corrected chi connectivity index (χ2v) is 7.68. The molecule has 6 heteroatoms. The van der Waals surface area contributed by atoms with Gasteiger partial charge in [0.05, 0.1) is 23.0 Å². The minimum atomic E-state index is -0.0579. The molecule has 4 aromatic rings. The van der Waals surface area contributed by atoms with Crippen LogP contribution in [0.2, 0.25) is 0 Å². The summed E-state index contributed by atoms with van der Waals surface area (Å²) >= 11 is 0. The lowest BCUT2D eigenvalue weighted by Gasteiger charge is -2.33. The summed E-state index contributed by atoms with van der Waals surface area (Å²) in [5.74, 6) is -0.0579. The van der Waals surface area contributed by atoms with E-state index in [0.29, 0.717) is 5.56 Å². The minimum absolute atomic E-state index is 0.0579. The van der Waals surface area contributed by atoms with Crippen LogP contribution in [-0.4, -0.2) is 39.8 Å². The first-order valence-electron chi connectivity index (χ1n) is 10.00. The Bertz CT molecular complexity index is 1200. The van der Waals surface area contributed by atoms with Gasteiger partial charge in [0.1, 0.15) is 0 Å². The SMILES string of the molecule is Cn1cc(N2CCC[C@H](NC(=O)c3cc4ccccc4c4cccnc34)C2)cn1. The first-order chi connectivity index (χ1) is 14.2. The summed E-state index contributed by atoms with van der Waals surface area (Å²) in [4.78, 5) is 20.1. The van der Waals surface area contributed by atoms with Crippen LogP contribution >= 0.6 is 0 Å². The average molecular weight is 385 g/mol. The standard InChI is InChI=1S/C23H23N5O/c1-27-15-18(13-25-27)28-11-5-7-17(14-28)26-23(29)21-12-16-6-2-3-8-19(16)20-9-4-10-24-22(20)21/h2-4,6,8-10,12-13,15,17H,5,7,11,14H2,1H3,(H,26,29)/t17-/m0/s1. The Morgan fingerprint density at radius 1 is 1.17 bits per heavy atom. The summed E-state index contributed by atoms with van der Waals surface area (Å²) in [6.45, 7) is 1.77. The third-order valence-corrected chi connectivity index (χ3v) is 5.67. The Kier molecular flexibility index (Phi) is 4.39. The summed E-state index contributed by atoms with van der Waals surface area (Å²) < 4.78 is 1.81. The molecule has 1 saturated heterocycles. The van der Waals surface area contributed by atoms with Gasteiger partial charge in [-0.2, -0.15) is 5.10 Å². The average Bonchev–Trinajstić information content (AvgIpc) is 3.20. The van der Waals surface area contributed by atoms with Gasteiger partial charge in [-0.1, -0.05) is 30.3 Å². The van der Waals surface area contributed by atoms with Gasteiger partial charge >= 0.3 is 0 Å². The van der Waals surface area contributed by atoms with E-state index < -0.39 is 0 Å². The number of hydrogen-bond acceptors (Lipinski definition) is 4. The molecule has 146 valence electrons. The number of nitrogens with one attached hydrogen (secondary N) is 1. The highest BCUT2D eigenvalue weighted by Crippen LogP contribution is 2.27. The quantitative estimate of drug-likeness (QED) is 0.548. The fourth-order valence-corrected chi connectivity index (χ4v) is 4.27. The first kappa shape index (κ1) is 17.7. The zero-order chi connectivity index (χ0) is 19.8. The largest absolute Gasteiger partial charge is 0.367 e. The molecule has 0 spiro atoms. The number of nitrogens with zero attached hydrogens (tertiary/aromatic N) is 4. The Hall–Kier alpha value is -3.41. The first-order valence-corrected chi connectivity index (χ1v) is 10.00. The maximum absolute atomic E-state index is 13.2. The number of rotatable bonds is 3. The number of carbonyl (C=O) groups is 1. The molecule has 3 heterocycles. The van der Waals surface area contributed by atoms with Crippen LogP contribution in [0.5, 0.6) is 0 Å². The fraction of sp³-hybridized carbons (Fsp3) is 0.261. The lowest BCUT2D eigenvalue weighted by Crippen LogP contribution is -2.47. The normalized spacial score (nSPS) is 17.0. The van der Waals surface area contributed by atoms with E-state index in [1.807, 2.05) is 60.5 Å². The summed E-state index contributed by atoms with van der Waals surface area (Å²) in [7, 11) is 1.92. The van der Waals surface area contributed by atoms with Crippen LogP contribution in [0.1, 0.15) is 23.2 Å². The van der Waals surface area contributed by atoms with Crippen LogP contribution < -0.4 is 10.2 Å². The predicted octanol–water partition coefficient (Wildman–Crippen LogP) is 3.52. The number of hydrogen-bond donors (Lipinski definition) is 1. The van der Waals surface area contributed by atoms with Crippen molar-refractivity contribution in [1.29, 1.82) is 0 Å². The van der Waals surface area contributed by atoms with Gasteiger partial charge < -0.3 is 10.2 Å². The monoisotopic (exact) mass is 385 g/mol. The zero-order valence-electron chi connectivity index (χ0n) is 16.4. The van der Waals surface area contributed by atoms with Crippen molar-refractivity contribution in [2.24, 2.45) is 7.05 Å². The third-order valence-electron chi connectivity index (χ3n) is 5.67. The van der Waals surface area contributed by atoms with Crippen molar-refractivity contribution in [2.75, 3.05) is 18.0 Å². The van der Waals surface area contributed by atoms with E-state index >= 15 is 0 Å². The molecule has 2 aromatic carbocycles. The molecule has 0 saturated carbocycles. The molecule has 0 aliphatic carbocycles. The molecule has 1 amide bonds. The maximum atomic E-state index is 13.2. The molecular weight excluding hydrogens is 362 g/mol. The Morgan fingerprint density at radius 3 is 2.90 bits per heavy atom. The topological polar surface area (TPSA) is 63.0 Å². The molecule has 1 aliphatic heterocycles. The highest BCUT2D eigenvalue weighted by atomic mass is 16.1. The molecule has 5 rings (SSSR count). The lowest BCUT2D eigenvalue weighted by molar-refractivity contribution is 0.0935. The van der Waals surface area contributed by atoms with Gasteiger partial charge in [0.2, 0.25) is 0 Å².